The lowest BCUT2D eigenvalue weighted by Gasteiger charge is -2.16. The number of rotatable bonds is 7. The summed E-state index contributed by atoms with van der Waals surface area (Å²) in [5, 5.41) is 7.09. The molecule has 1 saturated carbocycles. The van der Waals surface area contributed by atoms with Crippen LogP contribution < -0.4 is 5.32 Å². The van der Waals surface area contributed by atoms with E-state index in [0.29, 0.717) is 5.69 Å². The predicted octanol–water partition coefficient (Wildman–Crippen LogP) is 4.37. The Morgan fingerprint density at radius 2 is 1.89 bits per heavy atom. The number of hydrogen-bond donors (Lipinski definition) is 1. The van der Waals surface area contributed by atoms with E-state index in [-0.39, 0.29) is 30.1 Å². The summed E-state index contributed by atoms with van der Waals surface area (Å²) in [6.07, 6.45) is 3.22. The van der Waals surface area contributed by atoms with E-state index < -0.39 is 6.43 Å². The molecule has 1 N–H and O–H groups in total. The molecule has 2 heterocycles. The van der Waals surface area contributed by atoms with E-state index in [4.69, 9.17) is 0 Å². The average Bonchev–Trinajstić information content (AvgIpc) is 3.21. The van der Waals surface area contributed by atoms with Crippen molar-refractivity contribution in [2.24, 2.45) is 0 Å². The second kappa shape index (κ2) is 7.58. The van der Waals surface area contributed by atoms with Gasteiger partial charge < -0.3 is 9.88 Å². The fraction of sp³-hybridized carbons (Fsp3) is 0.333. The van der Waals surface area contributed by atoms with Gasteiger partial charge in [-0.05, 0) is 55.7 Å². The number of carbonyl (C=O) groups excluding carboxylic acids is 1. The van der Waals surface area contributed by atoms with E-state index >= 15 is 0 Å². The summed E-state index contributed by atoms with van der Waals surface area (Å²) in [5.41, 5.74) is 2.44. The topological polar surface area (TPSA) is 51.9 Å². The Balaban J connectivity index is 1.41. The number of nitrogens with zero attached hydrogens (tertiary/aromatic N) is 3. The van der Waals surface area contributed by atoms with Crippen LogP contribution in [0, 0.1) is 0 Å². The summed E-state index contributed by atoms with van der Waals surface area (Å²) in [6.45, 7) is 1.66. The normalized spacial score (nSPS) is 15.0. The maximum atomic E-state index is 13.3. The minimum atomic E-state index is -2.65. The van der Waals surface area contributed by atoms with Gasteiger partial charge in [-0.3, -0.25) is 9.48 Å². The van der Waals surface area contributed by atoms with Gasteiger partial charge in [-0.15, -0.1) is 0 Å². The van der Waals surface area contributed by atoms with Gasteiger partial charge in [-0.2, -0.15) is 5.10 Å². The standard InChI is InChI=1S/C21H22F2N4O/c1-14(15-6-8-17(9-7-15)26-10-2-3-11-26)24-20(28)13-27-19(21(22)23)12-18(25-27)16-4-5-16/h2-3,6-12,14,16,21H,4-5,13H2,1H3,(H,24,28)/t14-/m1/s1. The monoisotopic (exact) mass is 384 g/mol. The van der Waals surface area contributed by atoms with Crippen LogP contribution in [-0.2, 0) is 11.3 Å². The first-order valence-electron chi connectivity index (χ1n) is 9.39. The smallest absolute Gasteiger partial charge is 0.280 e. The number of hydrogen-bond acceptors (Lipinski definition) is 2. The second-order valence-electron chi connectivity index (χ2n) is 7.20. The van der Waals surface area contributed by atoms with Crippen LogP contribution in [0.3, 0.4) is 0 Å². The number of alkyl halides is 2. The zero-order valence-electron chi connectivity index (χ0n) is 15.6. The predicted molar refractivity (Wildman–Crippen MR) is 101 cm³/mol. The molecule has 0 saturated heterocycles. The minimum absolute atomic E-state index is 0.194. The van der Waals surface area contributed by atoms with Crippen molar-refractivity contribution in [3.63, 3.8) is 0 Å². The maximum Gasteiger partial charge on any atom is 0.280 e. The third kappa shape index (κ3) is 3.98. The average molecular weight is 384 g/mol. The molecule has 7 heteroatoms. The van der Waals surface area contributed by atoms with E-state index in [1.807, 2.05) is 60.3 Å². The molecule has 146 valence electrons. The molecule has 0 bridgehead atoms. The molecule has 1 aliphatic carbocycles. The van der Waals surface area contributed by atoms with E-state index in [2.05, 4.69) is 10.4 Å². The summed E-state index contributed by atoms with van der Waals surface area (Å²) in [4.78, 5) is 12.4. The number of carbonyl (C=O) groups is 1. The molecule has 2 aromatic heterocycles. The van der Waals surface area contributed by atoms with Gasteiger partial charge in [0.2, 0.25) is 5.91 Å². The highest BCUT2D eigenvalue weighted by Gasteiger charge is 2.29. The maximum absolute atomic E-state index is 13.3. The third-order valence-corrected chi connectivity index (χ3v) is 5.02. The van der Waals surface area contributed by atoms with Gasteiger partial charge in [0.25, 0.3) is 6.43 Å². The molecule has 1 aromatic carbocycles. The highest BCUT2D eigenvalue weighted by molar-refractivity contribution is 5.76. The van der Waals surface area contributed by atoms with Crippen LogP contribution in [-0.4, -0.2) is 20.3 Å². The van der Waals surface area contributed by atoms with Gasteiger partial charge in [-0.1, -0.05) is 12.1 Å². The van der Waals surface area contributed by atoms with Gasteiger partial charge in [-0.25, -0.2) is 8.78 Å². The molecule has 0 aliphatic heterocycles. The number of aromatic nitrogens is 3. The van der Waals surface area contributed by atoms with Crippen molar-refractivity contribution < 1.29 is 13.6 Å². The molecule has 28 heavy (non-hydrogen) atoms. The molecule has 5 nitrogen and oxygen atoms in total. The van der Waals surface area contributed by atoms with Crippen molar-refractivity contribution in [2.75, 3.05) is 0 Å². The van der Waals surface area contributed by atoms with Crippen LogP contribution in [0.5, 0.6) is 0 Å². The quantitative estimate of drug-likeness (QED) is 0.658. The molecule has 4 rings (SSSR count). The molecule has 0 radical (unpaired) electrons. The Kier molecular flexibility index (Phi) is 4.98. The molecule has 1 amide bonds. The lowest BCUT2D eigenvalue weighted by Crippen LogP contribution is -2.31. The van der Waals surface area contributed by atoms with E-state index in [1.54, 1.807) is 0 Å². The molecule has 1 fully saturated rings. The second-order valence-corrected chi connectivity index (χ2v) is 7.20. The zero-order valence-corrected chi connectivity index (χ0v) is 15.6. The largest absolute Gasteiger partial charge is 0.348 e. The van der Waals surface area contributed by atoms with Crippen LogP contribution in [0.1, 0.15) is 55.1 Å². The molecule has 0 unspecified atom stereocenters. The van der Waals surface area contributed by atoms with Gasteiger partial charge >= 0.3 is 0 Å². The van der Waals surface area contributed by atoms with Crippen LogP contribution in [0.4, 0.5) is 8.78 Å². The van der Waals surface area contributed by atoms with Gasteiger partial charge in [0.05, 0.1) is 11.7 Å². The minimum Gasteiger partial charge on any atom is -0.348 e. The lowest BCUT2D eigenvalue weighted by atomic mass is 10.1. The van der Waals surface area contributed by atoms with Crippen molar-refractivity contribution in [3.05, 3.63) is 71.8 Å². The fourth-order valence-corrected chi connectivity index (χ4v) is 3.28. The molecular formula is C21H22F2N4O. The fourth-order valence-electron chi connectivity index (χ4n) is 3.28. The first kappa shape index (κ1) is 18.4. The van der Waals surface area contributed by atoms with Gasteiger partial charge in [0, 0.05) is 24.0 Å². The highest BCUT2D eigenvalue weighted by atomic mass is 19.3. The summed E-state index contributed by atoms with van der Waals surface area (Å²) in [5.74, 6) is -0.0751. The van der Waals surface area contributed by atoms with Crippen molar-refractivity contribution in [1.82, 2.24) is 19.7 Å². The molecular weight excluding hydrogens is 362 g/mol. The van der Waals surface area contributed by atoms with Crippen LogP contribution in [0.25, 0.3) is 5.69 Å². The van der Waals surface area contributed by atoms with Gasteiger partial charge in [0.15, 0.2) is 0 Å². The Labute approximate surface area is 162 Å². The van der Waals surface area contributed by atoms with Crippen LogP contribution in [0.15, 0.2) is 54.9 Å². The Bertz CT molecular complexity index is 943. The first-order valence-corrected chi connectivity index (χ1v) is 9.39. The zero-order chi connectivity index (χ0) is 19.7. The number of nitrogens with one attached hydrogen (secondary N) is 1. The number of amides is 1. The Morgan fingerprint density at radius 3 is 2.50 bits per heavy atom. The summed E-state index contributed by atoms with van der Waals surface area (Å²) >= 11 is 0. The van der Waals surface area contributed by atoms with E-state index in [0.717, 1.165) is 28.8 Å². The van der Waals surface area contributed by atoms with Crippen molar-refractivity contribution >= 4 is 5.91 Å². The summed E-state index contributed by atoms with van der Waals surface area (Å²) in [7, 11) is 0. The molecule has 1 aliphatic rings. The third-order valence-electron chi connectivity index (χ3n) is 5.02. The lowest BCUT2D eigenvalue weighted by molar-refractivity contribution is -0.122. The van der Waals surface area contributed by atoms with E-state index in [9.17, 15) is 13.6 Å². The molecule has 3 aromatic rings. The Morgan fingerprint density at radius 1 is 1.21 bits per heavy atom. The summed E-state index contributed by atoms with van der Waals surface area (Å²) in [6, 6.07) is 12.9. The van der Waals surface area contributed by atoms with Gasteiger partial charge in [0.1, 0.15) is 12.2 Å². The number of benzene rings is 1. The van der Waals surface area contributed by atoms with Crippen molar-refractivity contribution in [1.29, 1.82) is 0 Å². The molecule has 0 spiro atoms. The first-order chi connectivity index (χ1) is 13.5. The van der Waals surface area contributed by atoms with E-state index in [1.165, 1.54) is 6.07 Å². The SMILES string of the molecule is C[C@@H](NC(=O)Cn1nc(C2CC2)cc1C(F)F)c1ccc(-n2cccc2)cc1. The summed E-state index contributed by atoms with van der Waals surface area (Å²) < 4.78 is 29.7. The van der Waals surface area contributed by atoms with Crippen molar-refractivity contribution in [3.8, 4) is 5.69 Å². The van der Waals surface area contributed by atoms with Crippen LogP contribution >= 0.6 is 0 Å². The van der Waals surface area contributed by atoms with Crippen molar-refractivity contribution in [2.45, 2.75) is 44.7 Å². The van der Waals surface area contributed by atoms with Crippen LogP contribution in [0.2, 0.25) is 0 Å². The Hall–Kier alpha value is -2.96. The highest BCUT2D eigenvalue weighted by Crippen LogP contribution is 2.40. The molecule has 1 atom stereocenters. The number of halogens is 2.